The standard InChI is InChI=1S/C13H19NO3/c1-3-17-13(15)10-14-12-7-5-4-6-11(12)8-9-16-2/h4-7,14H,3,8-10H2,1-2H3. The fraction of sp³-hybridized carbons (Fsp3) is 0.462. The molecular weight excluding hydrogens is 218 g/mol. The third kappa shape index (κ3) is 4.87. The van der Waals surface area contributed by atoms with Gasteiger partial charge >= 0.3 is 5.97 Å². The van der Waals surface area contributed by atoms with E-state index in [0.717, 1.165) is 17.7 Å². The lowest BCUT2D eigenvalue weighted by Gasteiger charge is -2.11. The third-order valence-corrected chi connectivity index (χ3v) is 2.32. The second-order valence-electron chi connectivity index (χ2n) is 3.56. The second-order valence-corrected chi connectivity index (χ2v) is 3.56. The molecule has 0 saturated carbocycles. The van der Waals surface area contributed by atoms with Gasteiger partial charge in [-0.3, -0.25) is 4.79 Å². The third-order valence-electron chi connectivity index (χ3n) is 2.32. The Labute approximate surface area is 102 Å². The first-order valence-corrected chi connectivity index (χ1v) is 5.74. The van der Waals surface area contributed by atoms with Gasteiger partial charge in [-0.15, -0.1) is 0 Å². The molecule has 0 spiro atoms. The maximum Gasteiger partial charge on any atom is 0.325 e. The molecule has 1 aromatic carbocycles. The van der Waals surface area contributed by atoms with E-state index in [2.05, 4.69) is 5.32 Å². The molecule has 0 aliphatic rings. The number of nitrogens with one attached hydrogen (secondary N) is 1. The Morgan fingerprint density at radius 3 is 2.82 bits per heavy atom. The van der Waals surface area contributed by atoms with Crippen LogP contribution in [-0.4, -0.2) is 32.8 Å². The quantitative estimate of drug-likeness (QED) is 0.735. The van der Waals surface area contributed by atoms with Crippen LogP contribution in [0.15, 0.2) is 24.3 Å². The Hall–Kier alpha value is -1.55. The molecule has 1 aromatic rings. The number of methoxy groups -OCH3 is 1. The summed E-state index contributed by atoms with van der Waals surface area (Å²) in [6.07, 6.45) is 0.822. The number of rotatable bonds is 7. The van der Waals surface area contributed by atoms with Crippen molar-refractivity contribution in [3.8, 4) is 0 Å². The number of benzene rings is 1. The maximum absolute atomic E-state index is 11.2. The van der Waals surface area contributed by atoms with Gasteiger partial charge in [0.05, 0.1) is 13.2 Å². The number of hydrogen-bond acceptors (Lipinski definition) is 4. The Balaban J connectivity index is 2.54. The van der Waals surface area contributed by atoms with Crippen LogP contribution >= 0.6 is 0 Å². The van der Waals surface area contributed by atoms with Crippen molar-refractivity contribution in [1.82, 2.24) is 0 Å². The molecule has 4 heteroatoms. The smallest absolute Gasteiger partial charge is 0.325 e. The van der Waals surface area contributed by atoms with E-state index in [4.69, 9.17) is 9.47 Å². The molecule has 17 heavy (non-hydrogen) atoms. The zero-order valence-electron chi connectivity index (χ0n) is 10.4. The highest BCUT2D eigenvalue weighted by Crippen LogP contribution is 2.15. The summed E-state index contributed by atoms with van der Waals surface area (Å²) < 4.78 is 9.90. The SMILES string of the molecule is CCOC(=O)CNc1ccccc1CCOC. The number of carbonyl (C=O) groups is 1. The van der Waals surface area contributed by atoms with E-state index in [0.29, 0.717) is 13.2 Å². The summed E-state index contributed by atoms with van der Waals surface area (Å²) in [4.78, 5) is 11.2. The molecule has 0 aliphatic heterocycles. The second kappa shape index (κ2) is 7.68. The van der Waals surface area contributed by atoms with Gasteiger partial charge in [0, 0.05) is 12.8 Å². The van der Waals surface area contributed by atoms with E-state index >= 15 is 0 Å². The number of ether oxygens (including phenoxy) is 2. The summed E-state index contributed by atoms with van der Waals surface area (Å²) in [5.41, 5.74) is 2.09. The van der Waals surface area contributed by atoms with Gasteiger partial charge in [-0.2, -0.15) is 0 Å². The molecule has 1 N–H and O–H groups in total. The van der Waals surface area contributed by atoms with Crippen LogP contribution in [0.2, 0.25) is 0 Å². The van der Waals surface area contributed by atoms with Crippen LogP contribution in [0.1, 0.15) is 12.5 Å². The van der Waals surface area contributed by atoms with Gasteiger partial charge in [0.15, 0.2) is 0 Å². The molecule has 0 amide bonds. The van der Waals surface area contributed by atoms with Crippen molar-refractivity contribution in [3.63, 3.8) is 0 Å². The summed E-state index contributed by atoms with van der Waals surface area (Å²) in [7, 11) is 1.68. The summed E-state index contributed by atoms with van der Waals surface area (Å²) in [5, 5.41) is 3.08. The van der Waals surface area contributed by atoms with Crippen LogP contribution in [0.4, 0.5) is 5.69 Å². The van der Waals surface area contributed by atoms with Crippen molar-refractivity contribution >= 4 is 11.7 Å². The van der Waals surface area contributed by atoms with Crippen LogP contribution in [0.3, 0.4) is 0 Å². The predicted molar refractivity (Wildman–Crippen MR) is 67.1 cm³/mol. The molecule has 0 aliphatic carbocycles. The minimum atomic E-state index is -0.242. The fourth-order valence-electron chi connectivity index (χ4n) is 1.50. The van der Waals surface area contributed by atoms with Gasteiger partial charge < -0.3 is 14.8 Å². The van der Waals surface area contributed by atoms with E-state index in [1.54, 1.807) is 14.0 Å². The lowest BCUT2D eigenvalue weighted by Crippen LogP contribution is -2.17. The van der Waals surface area contributed by atoms with Crippen LogP contribution in [0.25, 0.3) is 0 Å². The summed E-state index contributed by atoms with van der Waals surface area (Å²) >= 11 is 0. The van der Waals surface area contributed by atoms with E-state index in [9.17, 15) is 4.79 Å². The lowest BCUT2D eigenvalue weighted by molar-refractivity contribution is -0.140. The molecule has 0 radical (unpaired) electrons. The van der Waals surface area contributed by atoms with Crippen LogP contribution < -0.4 is 5.32 Å². The number of carbonyl (C=O) groups excluding carboxylic acids is 1. The number of para-hydroxylation sites is 1. The molecule has 0 bridgehead atoms. The van der Waals surface area contributed by atoms with Crippen LogP contribution in [0.5, 0.6) is 0 Å². The molecule has 0 atom stereocenters. The van der Waals surface area contributed by atoms with Crippen LogP contribution in [-0.2, 0) is 20.7 Å². The minimum Gasteiger partial charge on any atom is -0.465 e. The molecule has 0 saturated heterocycles. The van der Waals surface area contributed by atoms with E-state index in [-0.39, 0.29) is 12.5 Å². The Kier molecular flexibility index (Phi) is 6.10. The van der Waals surface area contributed by atoms with Crippen molar-refractivity contribution < 1.29 is 14.3 Å². The van der Waals surface area contributed by atoms with Crippen LogP contribution in [0, 0.1) is 0 Å². The van der Waals surface area contributed by atoms with Gasteiger partial charge in [-0.05, 0) is 25.0 Å². The number of esters is 1. The summed E-state index contributed by atoms with van der Waals surface area (Å²) in [5.74, 6) is -0.242. The summed E-state index contributed by atoms with van der Waals surface area (Å²) in [6, 6.07) is 7.88. The van der Waals surface area contributed by atoms with Gasteiger partial charge in [-0.1, -0.05) is 18.2 Å². The van der Waals surface area contributed by atoms with Crippen molar-refractivity contribution in [2.45, 2.75) is 13.3 Å². The molecular formula is C13H19NO3. The molecule has 94 valence electrons. The molecule has 4 nitrogen and oxygen atoms in total. The highest BCUT2D eigenvalue weighted by atomic mass is 16.5. The molecule has 1 rings (SSSR count). The van der Waals surface area contributed by atoms with Gasteiger partial charge in [0.25, 0.3) is 0 Å². The largest absolute Gasteiger partial charge is 0.465 e. The first-order chi connectivity index (χ1) is 8.27. The number of hydrogen-bond donors (Lipinski definition) is 1. The minimum absolute atomic E-state index is 0.192. The first-order valence-electron chi connectivity index (χ1n) is 5.74. The van der Waals surface area contributed by atoms with E-state index in [1.807, 2.05) is 24.3 Å². The Morgan fingerprint density at radius 1 is 1.35 bits per heavy atom. The van der Waals surface area contributed by atoms with Crippen molar-refractivity contribution in [1.29, 1.82) is 0 Å². The highest BCUT2D eigenvalue weighted by Gasteiger charge is 2.04. The van der Waals surface area contributed by atoms with Gasteiger partial charge in [0.2, 0.25) is 0 Å². The average molecular weight is 237 g/mol. The fourth-order valence-corrected chi connectivity index (χ4v) is 1.50. The zero-order valence-corrected chi connectivity index (χ0v) is 10.4. The molecule has 0 aromatic heterocycles. The normalized spacial score (nSPS) is 10.0. The predicted octanol–water partition coefficient (Wildman–Crippen LogP) is 1.85. The first kappa shape index (κ1) is 13.5. The summed E-state index contributed by atoms with van der Waals surface area (Å²) in [6.45, 7) is 3.06. The van der Waals surface area contributed by atoms with E-state index < -0.39 is 0 Å². The Morgan fingerprint density at radius 2 is 2.12 bits per heavy atom. The maximum atomic E-state index is 11.2. The van der Waals surface area contributed by atoms with Crippen molar-refractivity contribution in [3.05, 3.63) is 29.8 Å². The van der Waals surface area contributed by atoms with Crippen molar-refractivity contribution in [2.75, 3.05) is 32.2 Å². The highest BCUT2D eigenvalue weighted by molar-refractivity contribution is 5.75. The van der Waals surface area contributed by atoms with Crippen molar-refractivity contribution in [2.24, 2.45) is 0 Å². The average Bonchev–Trinajstić information content (AvgIpc) is 2.35. The number of anilines is 1. The molecule has 0 heterocycles. The lowest BCUT2D eigenvalue weighted by atomic mass is 10.1. The van der Waals surface area contributed by atoms with Gasteiger partial charge in [0.1, 0.15) is 6.54 Å². The van der Waals surface area contributed by atoms with Gasteiger partial charge in [-0.25, -0.2) is 0 Å². The van der Waals surface area contributed by atoms with E-state index in [1.165, 1.54) is 0 Å². The zero-order chi connectivity index (χ0) is 12.5. The topological polar surface area (TPSA) is 47.6 Å². The molecule has 0 fully saturated rings. The molecule has 0 unspecified atom stereocenters. The Bertz CT molecular complexity index is 352. The monoisotopic (exact) mass is 237 g/mol.